The third kappa shape index (κ3) is 2.67. The number of carbonyl (C=O) groups is 1. The molecule has 3 aliphatic rings. The van der Waals surface area contributed by atoms with Crippen LogP contribution >= 0.6 is 0 Å². The van der Waals surface area contributed by atoms with Gasteiger partial charge in [0.15, 0.2) is 0 Å². The van der Waals surface area contributed by atoms with Gasteiger partial charge in [-0.2, -0.15) is 0 Å². The van der Waals surface area contributed by atoms with Gasteiger partial charge in [-0.15, -0.1) is 0 Å². The van der Waals surface area contributed by atoms with Gasteiger partial charge in [-0.25, -0.2) is 0 Å². The molecule has 3 saturated carbocycles. The topological polar surface area (TPSA) is 46.3 Å². The van der Waals surface area contributed by atoms with Gasteiger partial charge in [0.05, 0.1) is 0 Å². The van der Waals surface area contributed by atoms with Gasteiger partial charge in [0.2, 0.25) is 5.91 Å². The highest BCUT2D eigenvalue weighted by atomic mass is 16.2. The predicted molar refractivity (Wildman–Crippen MR) is 76.6 cm³/mol. The number of amides is 1. The molecule has 2 N–H and O–H groups in total. The van der Waals surface area contributed by atoms with Crippen LogP contribution in [0.4, 0.5) is 0 Å². The fourth-order valence-electron chi connectivity index (χ4n) is 4.33. The van der Waals surface area contributed by atoms with Crippen LogP contribution in [0.1, 0.15) is 58.3 Å². The van der Waals surface area contributed by atoms with Crippen LogP contribution in [0, 0.1) is 17.8 Å². The number of carbonyl (C=O) groups excluding carboxylic acids is 1. The van der Waals surface area contributed by atoms with E-state index in [9.17, 15) is 4.79 Å². The molecule has 0 heterocycles. The normalized spacial score (nSPS) is 38.0. The molecule has 0 radical (unpaired) electrons. The lowest BCUT2D eigenvalue weighted by molar-refractivity contribution is -0.139. The van der Waals surface area contributed by atoms with E-state index in [0.29, 0.717) is 29.8 Å². The maximum atomic E-state index is 12.8. The Balaban J connectivity index is 1.66. The highest BCUT2D eigenvalue weighted by Crippen LogP contribution is 2.43. The van der Waals surface area contributed by atoms with E-state index in [1.54, 1.807) is 0 Å². The van der Waals surface area contributed by atoms with Gasteiger partial charge < -0.3 is 10.6 Å². The summed E-state index contributed by atoms with van der Waals surface area (Å²) in [5.74, 6) is 1.96. The number of rotatable bonds is 4. The summed E-state index contributed by atoms with van der Waals surface area (Å²) in [5, 5.41) is 0. The summed E-state index contributed by atoms with van der Waals surface area (Å²) >= 11 is 0. The summed E-state index contributed by atoms with van der Waals surface area (Å²) in [7, 11) is 0. The van der Waals surface area contributed by atoms with Crippen molar-refractivity contribution in [2.24, 2.45) is 23.5 Å². The summed E-state index contributed by atoms with van der Waals surface area (Å²) in [6.45, 7) is 3.13. The first-order chi connectivity index (χ1) is 9.20. The Labute approximate surface area is 116 Å². The van der Waals surface area contributed by atoms with Crippen molar-refractivity contribution < 1.29 is 4.79 Å². The lowest BCUT2D eigenvalue weighted by Crippen LogP contribution is -2.50. The van der Waals surface area contributed by atoms with Crippen molar-refractivity contribution >= 4 is 5.91 Å². The minimum Gasteiger partial charge on any atom is -0.339 e. The first-order valence-electron chi connectivity index (χ1n) is 8.26. The van der Waals surface area contributed by atoms with Crippen molar-refractivity contribution in [2.75, 3.05) is 6.54 Å². The van der Waals surface area contributed by atoms with Gasteiger partial charge in [-0.3, -0.25) is 4.79 Å². The summed E-state index contributed by atoms with van der Waals surface area (Å²) in [4.78, 5) is 15.0. The van der Waals surface area contributed by atoms with Crippen LogP contribution in [0.25, 0.3) is 0 Å². The minimum absolute atomic E-state index is 0.280. The fourth-order valence-corrected chi connectivity index (χ4v) is 4.33. The summed E-state index contributed by atoms with van der Waals surface area (Å²) in [6, 6.07) is 0.946. The lowest BCUT2D eigenvalue weighted by Gasteiger charge is -2.44. The zero-order chi connectivity index (χ0) is 13.4. The molecule has 108 valence electrons. The van der Waals surface area contributed by atoms with Crippen LogP contribution in [0.3, 0.4) is 0 Å². The molecule has 2 unspecified atom stereocenters. The monoisotopic (exact) mass is 264 g/mol. The van der Waals surface area contributed by atoms with Gasteiger partial charge in [0.1, 0.15) is 0 Å². The average Bonchev–Trinajstić information content (AvgIpc) is 3.19. The Morgan fingerprint density at radius 3 is 2.32 bits per heavy atom. The van der Waals surface area contributed by atoms with E-state index in [0.717, 1.165) is 25.8 Å². The Morgan fingerprint density at radius 1 is 1.16 bits per heavy atom. The molecule has 2 atom stereocenters. The summed E-state index contributed by atoms with van der Waals surface area (Å²) < 4.78 is 0. The third-order valence-corrected chi connectivity index (χ3v) is 5.50. The molecule has 3 rings (SSSR count). The van der Waals surface area contributed by atoms with E-state index in [1.807, 2.05) is 0 Å². The molecule has 0 aromatic rings. The van der Waals surface area contributed by atoms with Crippen molar-refractivity contribution in [3.05, 3.63) is 0 Å². The Hall–Kier alpha value is -0.570. The second kappa shape index (κ2) is 5.43. The van der Waals surface area contributed by atoms with Crippen molar-refractivity contribution in [2.45, 2.75) is 70.4 Å². The molecule has 3 nitrogen and oxygen atoms in total. The standard InChI is InChI=1S/C16H28N2O/c1-2-8-18(14-6-7-14)16(19)13-9-11-4-3-5-12(10-13)15(11)17/h11-15H,2-10,17H2,1H3. The van der Waals surface area contributed by atoms with Crippen LogP contribution in [-0.4, -0.2) is 29.4 Å². The molecule has 0 saturated heterocycles. The fraction of sp³-hybridized carbons (Fsp3) is 0.938. The van der Waals surface area contributed by atoms with Crippen molar-refractivity contribution in [1.29, 1.82) is 0 Å². The summed E-state index contributed by atoms with van der Waals surface area (Å²) in [5.41, 5.74) is 6.33. The highest BCUT2D eigenvalue weighted by Gasteiger charge is 2.43. The van der Waals surface area contributed by atoms with Crippen LogP contribution in [0.5, 0.6) is 0 Å². The Morgan fingerprint density at radius 2 is 1.79 bits per heavy atom. The largest absolute Gasteiger partial charge is 0.339 e. The molecule has 2 bridgehead atoms. The van der Waals surface area contributed by atoms with Crippen LogP contribution in [0.15, 0.2) is 0 Å². The minimum atomic E-state index is 0.280. The van der Waals surface area contributed by atoms with Gasteiger partial charge in [0.25, 0.3) is 0 Å². The van der Waals surface area contributed by atoms with E-state index in [2.05, 4.69) is 11.8 Å². The van der Waals surface area contributed by atoms with Gasteiger partial charge in [-0.1, -0.05) is 13.3 Å². The van der Waals surface area contributed by atoms with E-state index < -0.39 is 0 Å². The second-order valence-corrected chi connectivity index (χ2v) is 6.96. The SMILES string of the molecule is CCCN(C(=O)C1CC2CCCC(C1)C2N)C1CC1. The molecule has 3 heteroatoms. The zero-order valence-electron chi connectivity index (χ0n) is 12.2. The maximum Gasteiger partial charge on any atom is 0.225 e. The highest BCUT2D eigenvalue weighted by molar-refractivity contribution is 5.79. The van der Waals surface area contributed by atoms with E-state index in [-0.39, 0.29) is 5.92 Å². The summed E-state index contributed by atoms with van der Waals surface area (Å²) in [6.07, 6.45) is 9.48. The molecular weight excluding hydrogens is 236 g/mol. The molecule has 3 fully saturated rings. The van der Waals surface area contributed by atoms with Gasteiger partial charge in [0, 0.05) is 24.5 Å². The van der Waals surface area contributed by atoms with E-state index in [1.165, 1.54) is 32.1 Å². The third-order valence-electron chi connectivity index (χ3n) is 5.50. The van der Waals surface area contributed by atoms with E-state index in [4.69, 9.17) is 5.73 Å². The first-order valence-corrected chi connectivity index (χ1v) is 8.26. The van der Waals surface area contributed by atoms with Crippen LogP contribution in [-0.2, 0) is 4.79 Å². The maximum absolute atomic E-state index is 12.8. The number of nitrogens with zero attached hydrogens (tertiary/aromatic N) is 1. The van der Waals surface area contributed by atoms with Crippen molar-refractivity contribution in [1.82, 2.24) is 4.90 Å². The van der Waals surface area contributed by atoms with Crippen LogP contribution in [0.2, 0.25) is 0 Å². The number of nitrogens with two attached hydrogens (primary N) is 1. The van der Waals surface area contributed by atoms with Gasteiger partial charge in [-0.05, 0) is 56.8 Å². The second-order valence-electron chi connectivity index (χ2n) is 6.96. The van der Waals surface area contributed by atoms with Crippen molar-refractivity contribution in [3.8, 4) is 0 Å². The molecule has 0 spiro atoms. The van der Waals surface area contributed by atoms with Gasteiger partial charge >= 0.3 is 0 Å². The number of fused-ring (bicyclic) bond motifs is 2. The smallest absolute Gasteiger partial charge is 0.225 e. The molecule has 0 aliphatic heterocycles. The van der Waals surface area contributed by atoms with Crippen molar-refractivity contribution in [3.63, 3.8) is 0 Å². The lowest BCUT2D eigenvalue weighted by atomic mass is 9.65. The molecule has 3 aliphatic carbocycles. The molecule has 1 amide bonds. The Kier molecular flexibility index (Phi) is 3.84. The quantitative estimate of drug-likeness (QED) is 0.848. The molecule has 19 heavy (non-hydrogen) atoms. The van der Waals surface area contributed by atoms with E-state index >= 15 is 0 Å². The number of hydrogen-bond donors (Lipinski definition) is 1. The zero-order valence-corrected chi connectivity index (χ0v) is 12.2. The first kappa shape index (κ1) is 13.4. The van der Waals surface area contributed by atoms with Crippen LogP contribution < -0.4 is 5.73 Å². The molecule has 0 aromatic carbocycles. The Bertz CT molecular complexity index is 326. The number of hydrogen-bond acceptors (Lipinski definition) is 2. The molecular formula is C16H28N2O. The average molecular weight is 264 g/mol. The molecule has 0 aromatic heterocycles. The predicted octanol–water partition coefficient (Wildman–Crippen LogP) is 2.54.